The standard InChI is InChI=1S/C25H18N2O6/c1-31-20-14-22-21(32-15-33-22)13-16(20)12-19-23(28)26(17-8-4-2-5-9-17)25(30)27(24(19)29)18-10-6-3-7-11-18/h2-14H,15H2,1H3. The third kappa shape index (κ3) is 3.47. The van der Waals surface area contributed by atoms with Crippen molar-refractivity contribution in [2.24, 2.45) is 0 Å². The Hall–Kier alpha value is -4.59. The Morgan fingerprint density at radius 1 is 0.788 bits per heavy atom. The zero-order chi connectivity index (χ0) is 22.9. The number of imide groups is 2. The molecule has 0 radical (unpaired) electrons. The first kappa shape index (κ1) is 20.3. The van der Waals surface area contributed by atoms with Crippen LogP contribution in [0.25, 0.3) is 6.08 Å². The van der Waals surface area contributed by atoms with Crippen LogP contribution in [-0.4, -0.2) is 31.7 Å². The summed E-state index contributed by atoms with van der Waals surface area (Å²) in [6, 6.07) is 19.4. The maximum Gasteiger partial charge on any atom is 0.343 e. The van der Waals surface area contributed by atoms with E-state index in [1.165, 1.54) is 13.2 Å². The molecular formula is C25H18N2O6. The Balaban J connectivity index is 1.67. The second kappa shape index (κ2) is 8.16. The molecule has 2 aliphatic rings. The Morgan fingerprint density at radius 2 is 1.30 bits per heavy atom. The Bertz CT molecular complexity index is 1220. The molecule has 1 saturated heterocycles. The lowest BCUT2D eigenvalue weighted by Crippen LogP contribution is -2.57. The number of amides is 4. The number of carbonyl (C=O) groups excluding carboxylic acids is 3. The fourth-order valence-corrected chi connectivity index (χ4v) is 3.72. The summed E-state index contributed by atoms with van der Waals surface area (Å²) in [5.74, 6) is -0.107. The molecule has 3 aromatic carbocycles. The van der Waals surface area contributed by atoms with E-state index in [-0.39, 0.29) is 12.4 Å². The number of hydrogen-bond donors (Lipinski definition) is 0. The van der Waals surface area contributed by atoms with Gasteiger partial charge in [-0.3, -0.25) is 9.59 Å². The van der Waals surface area contributed by atoms with Gasteiger partial charge >= 0.3 is 6.03 Å². The smallest absolute Gasteiger partial charge is 0.343 e. The van der Waals surface area contributed by atoms with Gasteiger partial charge < -0.3 is 14.2 Å². The van der Waals surface area contributed by atoms with Crippen molar-refractivity contribution in [3.8, 4) is 17.2 Å². The highest BCUT2D eigenvalue weighted by Gasteiger charge is 2.43. The van der Waals surface area contributed by atoms with Crippen LogP contribution < -0.4 is 24.0 Å². The van der Waals surface area contributed by atoms with Gasteiger partial charge in [0.1, 0.15) is 11.3 Å². The zero-order valence-electron chi connectivity index (χ0n) is 17.6. The van der Waals surface area contributed by atoms with Crippen molar-refractivity contribution in [1.82, 2.24) is 0 Å². The molecule has 0 saturated carbocycles. The SMILES string of the molecule is COc1cc2c(cc1C=C1C(=O)N(c3ccccc3)C(=O)N(c3ccccc3)C1=O)OCO2. The van der Waals surface area contributed by atoms with Crippen molar-refractivity contribution in [3.05, 3.63) is 83.9 Å². The van der Waals surface area contributed by atoms with Crippen molar-refractivity contribution in [2.45, 2.75) is 0 Å². The summed E-state index contributed by atoms with van der Waals surface area (Å²) in [7, 11) is 1.47. The molecule has 2 heterocycles. The molecule has 0 bridgehead atoms. The molecule has 5 rings (SSSR count). The number of benzene rings is 3. The van der Waals surface area contributed by atoms with Gasteiger partial charge in [-0.05, 0) is 36.4 Å². The van der Waals surface area contributed by atoms with E-state index in [0.717, 1.165) is 9.80 Å². The number of rotatable bonds is 4. The lowest BCUT2D eigenvalue weighted by molar-refractivity contribution is -0.121. The van der Waals surface area contributed by atoms with Crippen LogP contribution in [0.2, 0.25) is 0 Å². The van der Waals surface area contributed by atoms with Gasteiger partial charge in [-0.25, -0.2) is 14.6 Å². The average molecular weight is 442 g/mol. The predicted molar refractivity (Wildman–Crippen MR) is 120 cm³/mol. The molecule has 2 aliphatic heterocycles. The van der Waals surface area contributed by atoms with Crippen LogP contribution in [0.1, 0.15) is 5.56 Å². The van der Waals surface area contributed by atoms with Gasteiger partial charge in [0, 0.05) is 11.6 Å². The van der Waals surface area contributed by atoms with E-state index in [4.69, 9.17) is 14.2 Å². The van der Waals surface area contributed by atoms with E-state index in [0.29, 0.717) is 34.2 Å². The Morgan fingerprint density at radius 3 is 1.82 bits per heavy atom. The first-order chi connectivity index (χ1) is 16.1. The predicted octanol–water partition coefficient (Wildman–Crippen LogP) is 4.01. The highest BCUT2D eigenvalue weighted by Crippen LogP contribution is 2.39. The van der Waals surface area contributed by atoms with Gasteiger partial charge in [0.2, 0.25) is 6.79 Å². The lowest BCUT2D eigenvalue weighted by Gasteiger charge is -2.34. The topological polar surface area (TPSA) is 85.4 Å². The van der Waals surface area contributed by atoms with Gasteiger partial charge in [-0.15, -0.1) is 0 Å². The summed E-state index contributed by atoms with van der Waals surface area (Å²) in [5.41, 5.74) is 0.947. The molecule has 0 atom stereocenters. The molecule has 4 amide bonds. The van der Waals surface area contributed by atoms with Crippen molar-refractivity contribution < 1.29 is 28.6 Å². The summed E-state index contributed by atoms with van der Waals surface area (Å²) in [5, 5.41) is 0. The van der Waals surface area contributed by atoms with Crippen molar-refractivity contribution in [2.75, 3.05) is 23.7 Å². The number of methoxy groups -OCH3 is 1. The number of ether oxygens (including phenoxy) is 3. The molecule has 164 valence electrons. The lowest BCUT2D eigenvalue weighted by atomic mass is 10.0. The van der Waals surface area contributed by atoms with Crippen LogP contribution in [0.4, 0.5) is 16.2 Å². The minimum Gasteiger partial charge on any atom is -0.496 e. The number of anilines is 2. The number of nitrogens with zero attached hydrogens (tertiary/aromatic N) is 2. The number of carbonyl (C=O) groups is 3. The van der Waals surface area contributed by atoms with Gasteiger partial charge in [-0.1, -0.05) is 36.4 Å². The van der Waals surface area contributed by atoms with Gasteiger partial charge in [-0.2, -0.15) is 0 Å². The minimum atomic E-state index is -0.753. The van der Waals surface area contributed by atoms with Gasteiger partial charge in [0.15, 0.2) is 11.5 Å². The van der Waals surface area contributed by atoms with Crippen molar-refractivity contribution >= 4 is 35.3 Å². The van der Waals surface area contributed by atoms with Crippen LogP contribution in [0, 0.1) is 0 Å². The van der Waals surface area contributed by atoms with Crippen molar-refractivity contribution in [3.63, 3.8) is 0 Å². The van der Waals surface area contributed by atoms with Crippen LogP contribution in [0.3, 0.4) is 0 Å². The van der Waals surface area contributed by atoms with Crippen LogP contribution in [-0.2, 0) is 9.59 Å². The highest BCUT2D eigenvalue weighted by molar-refractivity contribution is 6.46. The van der Waals surface area contributed by atoms with Crippen molar-refractivity contribution in [1.29, 1.82) is 0 Å². The Kier molecular flexibility index (Phi) is 5.02. The molecule has 0 unspecified atom stereocenters. The molecule has 8 nitrogen and oxygen atoms in total. The van der Waals surface area contributed by atoms with E-state index >= 15 is 0 Å². The molecule has 0 aliphatic carbocycles. The first-order valence-electron chi connectivity index (χ1n) is 10.1. The van der Waals surface area contributed by atoms with Crippen LogP contribution in [0.5, 0.6) is 17.2 Å². The monoisotopic (exact) mass is 442 g/mol. The average Bonchev–Trinajstić information content (AvgIpc) is 3.30. The summed E-state index contributed by atoms with van der Waals surface area (Å²) in [6.45, 7) is 0.0639. The summed E-state index contributed by atoms with van der Waals surface area (Å²) >= 11 is 0. The zero-order valence-corrected chi connectivity index (χ0v) is 17.6. The molecule has 33 heavy (non-hydrogen) atoms. The number of para-hydroxylation sites is 2. The molecule has 0 spiro atoms. The number of fused-ring (bicyclic) bond motifs is 1. The van der Waals surface area contributed by atoms with E-state index in [1.54, 1.807) is 72.8 Å². The molecule has 8 heteroatoms. The first-order valence-corrected chi connectivity index (χ1v) is 10.1. The summed E-state index contributed by atoms with van der Waals surface area (Å²) in [6.07, 6.45) is 1.41. The number of barbiturate groups is 1. The quantitative estimate of drug-likeness (QED) is 0.448. The Labute approximate surface area is 189 Å². The van der Waals surface area contributed by atoms with E-state index in [1.807, 2.05) is 0 Å². The fraction of sp³-hybridized carbons (Fsp3) is 0.0800. The molecule has 0 aromatic heterocycles. The van der Waals surface area contributed by atoms with Gasteiger partial charge in [0.25, 0.3) is 11.8 Å². The molecule has 0 N–H and O–H groups in total. The maximum absolute atomic E-state index is 13.5. The fourth-order valence-electron chi connectivity index (χ4n) is 3.72. The molecule has 1 fully saturated rings. The second-order valence-corrected chi connectivity index (χ2v) is 7.24. The molecule has 3 aromatic rings. The number of urea groups is 1. The van der Waals surface area contributed by atoms with E-state index < -0.39 is 17.8 Å². The maximum atomic E-state index is 13.5. The third-order valence-corrected chi connectivity index (χ3v) is 5.30. The second-order valence-electron chi connectivity index (χ2n) is 7.24. The normalized spacial score (nSPS) is 15.2. The van der Waals surface area contributed by atoms with Crippen LogP contribution in [0.15, 0.2) is 78.4 Å². The van der Waals surface area contributed by atoms with Gasteiger partial charge in [0.05, 0.1) is 18.5 Å². The minimum absolute atomic E-state index is 0.0639. The summed E-state index contributed by atoms with van der Waals surface area (Å²) < 4.78 is 16.2. The largest absolute Gasteiger partial charge is 0.496 e. The van der Waals surface area contributed by atoms with E-state index in [9.17, 15) is 14.4 Å². The van der Waals surface area contributed by atoms with E-state index in [2.05, 4.69) is 0 Å². The third-order valence-electron chi connectivity index (χ3n) is 5.30. The van der Waals surface area contributed by atoms with Crippen LogP contribution >= 0.6 is 0 Å². The number of hydrogen-bond acceptors (Lipinski definition) is 6. The highest BCUT2D eigenvalue weighted by atomic mass is 16.7. The molecular weight excluding hydrogens is 424 g/mol. The summed E-state index contributed by atoms with van der Waals surface area (Å²) in [4.78, 5) is 42.2.